The summed E-state index contributed by atoms with van der Waals surface area (Å²) in [5.41, 5.74) is 1.03. The maximum Gasteiger partial charge on any atom is 0.269 e. The quantitative estimate of drug-likeness (QED) is 0.721. The number of nitrogens with zero attached hydrogens (tertiary/aromatic N) is 3. The van der Waals surface area contributed by atoms with Crippen LogP contribution in [0.3, 0.4) is 0 Å². The van der Waals surface area contributed by atoms with E-state index >= 15 is 0 Å². The fourth-order valence-electron chi connectivity index (χ4n) is 2.58. The van der Waals surface area contributed by atoms with Crippen LogP contribution in [0.25, 0.3) is 0 Å². The van der Waals surface area contributed by atoms with Gasteiger partial charge in [0.05, 0.1) is 12.3 Å². The highest BCUT2D eigenvalue weighted by atomic mass is 32.2. The minimum atomic E-state index is -3.56. The predicted octanol–water partition coefficient (Wildman–Crippen LogP) is 1.69. The summed E-state index contributed by atoms with van der Waals surface area (Å²) in [7, 11) is -1.92. The molecule has 2 heterocycles. The van der Waals surface area contributed by atoms with Crippen LogP contribution in [0.5, 0.6) is 5.75 Å². The second kappa shape index (κ2) is 9.29. The van der Waals surface area contributed by atoms with E-state index in [9.17, 15) is 17.7 Å². The van der Waals surface area contributed by atoms with Crippen LogP contribution in [0.2, 0.25) is 0 Å². The van der Waals surface area contributed by atoms with Gasteiger partial charge in [-0.15, -0.1) is 4.40 Å². The van der Waals surface area contributed by atoms with E-state index in [-0.39, 0.29) is 10.6 Å². The SMILES string of the molecule is CCOC1=NS(=O)N=C1C.CNc1cccc(S(=O)(=O)N2CCCC2)c1O. The van der Waals surface area contributed by atoms with E-state index in [4.69, 9.17) is 4.74 Å². The molecule has 0 bridgehead atoms. The Labute approximate surface area is 161 Å². The fraction of sp³-hybridized carbons (Fsp3) is 0.500. The van der Waals surface area contributed by atoms with E-state index in [1.54, 1.807) is 26.1 Å². The summed E-state index contributed by atoms with van der Waals surface area (Å²) >= 11 is -1.43. The zero-order valence-corrected chi connectivity index (χ0v) is 17.1. The Morgan fingerprint density at radius 2 is 1.96 bits per heavy atom. The molecule has 0 saturated carbocycles. The molecule has 9 nitrogen and oxygen atoms in total. The Balaban J connectivity index is 0.000000223. The summed E-state index contributed by atoms with van der Waals surface area (Å²) in [4.78, 5) is -0.0220. The molecule has 0 spiro atoms. The summed E-state index contributed by atoms with van der Waals surface area (Å²) in [6.45, 7) is 5.16. The molecule has 2 N–H and O–H groups in total. The van der Waals surface area contributed by atoms with Crippen molar-refractivity contribution in [3.05, 3.63) is 18.2 Å². The van der Waals surface area contributed by atoms with Gasteiger partial charge in [-0.2, -0.15) is 8.70 Å². The Bertz CT molecular complexity index is 862. The fourth-order valence-corrected chi connectivity index (χ4v) is 4.88. The number of nitrogens with one attached hydrogen (secondary N) is 1. The van der Waals surface area contributed by atoms with Gasteiger partial charge in [0.15, 0.2) is 5.75 Å². The summed E-state index contributed by atoms with van der Waals surface area (Å²) in [6, 6.07) is 4.69. The van der Waals surface area contributed by atoms with Crippen molar-refractivity contribution in [3.8, 4) is 5.75 Å². The monoisotopic (exact) mass is 416 g/mol. The molecule has 27 heavy (non-hydrogen) atoms. The third-order valence-corrected chi connectivity index (χ3v) is 6.60. The number of aromatic hydroxyl groups is 1. The molecule has 3 rings (SSSR count). The van der Waals surface area contributed by atoms with Crippen LogP contribution in [-0.4, -0.2) is 60.4 Å². The van der Waals surface area contributed by atoms with Gasteiger partial charge in [0.2, 0.25) is 15.9 Å². The van der Waals surface area contributed by atoms with Crippen LogP contribution in [0.1, 0.15) is 26.7 Å². The largest absolute Gasteiger partial charge is 0.504 e. The van der Waals surface area contributed by atoms with Crippen molar-refractivity contribution in [3.63, 3.8) is 0 Å². The smallest absolute Gasteiger partial charge is 0.269 e. The number of hydrogen-bond donors (Lipinski definition) is 2. The van der Waals surface area contributed by atoms with E-state index in [1.807, 2.05) is 6.92 Å². The molecule has 1 aromatic rings. The Kier molecular flexibility index (Phi) is 7.33. The number of phenols is 1. The summed E-state index contributed by atoms with van der Waals surface area (Å²) in [5, 5.41) is 12.7. The van der Waals surface area contributed by atoms with E-state index in [0.717, 1.165) is 12.8 Å². The molecule has 0 aliphatic carbocycles. The number of phenolic OH excluding ortho intramolecular Hbond substituents is 1. The second-order valence-electron chi connectivity index (χ2n) is 5.75. The lowest BCUT2D eigenvalue weighted by Gasteiger charge is -2.17. The van der Waals surface area contributed by atoms with E-state index in [1.165, 1.54) is 10.4 Å². The van der Waals surface area contributed by atoms with Crippen molar-refractivity contribution in [2.24, 2.45) is 8.80 Å². The molecule has 150 valence electrons. The number of hydrogen-bond acceptors (Lipinski definition) is 6. The van der Waals surface area contributed by atoms with Crippen LogP contribution in [-0.2, 0) is 25.9 Å². The van der Waals surface area contributed by atoms with Gasteiger partial charge in [-0.3, -0.25) is 0 Å². The van der Waals surface area contributed by atoms with Gasteiger partial charge >= 0.3 is 0 Å². The third-order valence-electron chi connectivity index (χ3n) is 3.92. The molecule has 11 heteroatoms. The Morgan fingerprint density at radius 3 is 2.48 bits per heavy atom. The van der Waals surface area contributed by atoms with E-state index in [0.29, 0.717) is 37.0 Å². The molecule has 0 aromatic heterocycles. The van der Waals surface area contributed by atoms with Gasteiger partial charge < -0.3 is 15.2 Å². The topological polar surface area (TPSA) is 121 Å². The van der Waals surface area contributed by atoms with Crippen molar-refractivity contribution >= 4 is 38.5 Å². The van der Waals surface area contributed by atoms with Crippen LogP contribution in [0.4, 0.5) is 5.69 Å². The van der Waals surface area contributed by atoms with Crippen LogP contribution in [0.15, 0.2) is 31.9 Å². The molecule has 1 atom stereocenters. The van der Waals surface area contributed by atoms with Gasteiger partial charge in [0.25, 0.3) is 11.2 Å². The highest BCUT2D eigenvalue weighted by molar-refractivity contribution is 7.89. The number of rotatable bonds is 4. The number of ether oxygens (including phenoxy) is 1. The lowest BCUT2D eigenvalue weighted by atomic mass is 10.3. The van der Waals surface area contributed by atoms with Crippen molar-refractivity contribution in [1.82, 2.24) is 4.31 Å². The van der Waals surface area contributed by atoms with E-state index < -0.39 is 21.2 Å². The maximum absolute atomic E-state index is 12.3. The van der Waals surface area contributed by atoms with Crippen LogP contribution >= 0.6 is 0 Å². The van der Waals surface area contributed by atoms with Crippen molar-refractivity contribution in [1.29, 1.82) is 0 Å². The van der Waals surface area contributed by atoms with Crippen molar-refractivity contribution in [2.75, 3.05) is 32.1 Å². The minimum Gasteiger partial charge on any atom is -0.504 e. The highest BCUT2D eigenvalue weighted by Crippen LogP contribution is 2.33. The van der Waals surface area contributed by atoms with Gasteiger partial charge in [-0.25, -0.2) is 12.6 Å². The molecule has 0 amide bonds. The lowest BCUT2D eigenvalue weighted by Crippen LogP contribution is -2.27. The molecule has 1 aromatic carbocycles. The zero-order valence-electron chi connectivity index (χ0n) is 15.5. The molecule has 1 fully saturated rings. The third kappa shape index (κ3) is 5.05. The van der Waals surface area contributed by atoms with Gasteiger partial charge in [-0.1, -0.05) is 6.07 Å². The standard InChI is InChI=1S/C11H16N2O3S.C5H8N2O2S/c1-12-9-5-4-6-10(11(9)14)17(15,16)13-7-2-3-8-13;1-3-9-5-4(2)6-10(8)7-5/h4-6,12,14H,2-3,7-8H2,1H3;3H2,1-2H3. The van der Waals surface area contributed by atoms with Crippen molar-refractivity contribution < 1.29 is 22.5 Å². The first-order valence-electron chi connectivity index (χ1n) is 8.50. The molecular formula is C16H24N4O5S2. The molecule has 2 aliphatic heterocycles. The molecule has 1 unspecified atom stereocenters. The predicted molar refractivity (Wildman–Crippen MR) is 106 cm³/mol. The first-order chi connectivity index (χ1) is 12.8. The lowest BCUT2D eigenvalue weighted by molar-refractivity contribution is 0.335. The van der Waals surface area contributed by atoms with Crippen LogP contribution < -0.4 is 5.32 Å². The normalized spacial score (nSPS) is 19.7. The van der Waals surface area contributed by atoms with Gasteiger partial charge in [0, 0.05) is 20.1 Å². The second-order valence-corrected chi connectivity index (χ2v) is 8.48. The maximum atomic E-state index is 12.3. The molecular weight excluding hydrogens is 392 g/mol. The molecule has 2 aliphatic rings. The number of para-hydroxylation sites is 1. The van der Waals surface area contributed by atoms with Crippen molar-refractivity contribution in [2.45, 2.75) is 31.6 Å². The number of benzene rings is 1. The Morgan fingerprint density at radius 1 is 1.30 bits per heavy atom. The molecule has 0 radical (unpaired) electrons. The summed E-state index contributed by atoms with van der Waals surface area (Å²) < 4.78 is 48.8. The number of anilines is 1. The highest BCUT2D eigenvalue weighted by Gasteiger charge is 2.30. The number of sulfonamides is 1. The van der Waals surface area contributed by atoms with Gasteiger partial charge in [-0.05, 0) is 38.8 Å². The minimum absolute atomic E-state index is 0.0220. The first kappa shape index (κ1) is 21.3. The molecule has 1 saturated heterocycles. The van der Waals surface area contributed by atoms with Crippen LogP contribution in [0, 0.1) is 0 Å². The summed E-state index contributed by atoms with van der Waals surface area (Å²) in [6.07, 6.45) is 1.76. The average Bonchev–Trinajstić information content (AvgIpc) is 3.26. The average molecular weight is 417 g/mol. The zero-order chi connectivity index (χ0) is 20.0. The van der Waals surface area contributed by atoms with E-state index in [2.05, 4.69) is 14.1 Å². The summed E-state index contributed by atoms with van der Waals surface area (Å²) in [5.74, 6) is 0.197. The first-order valence-corrected chi connectivity index (χ1v) is 11.0. The Hall–Kier alpha value is -1.98. The van der Waals surface area contributed by atoms with Gasteiger partial charge in [0.1, 0.15) is 10.6 Å².